The number of carbonyl (C=O) groups excluding carboxylic acids is 1. The quantitative estimate of drug-likeness (QED) is 0.597. The molecule has 0 aromatic rings. The molecule has 5 heteroatoms. The van der Waals surface area contributed by atoms with Crippen LogP contribution in [0.2, 0.25) is 0 Å². The zero-order valence-electron chi connectivity index (χ0n) is 7.03. The number of hydrogen-bond acceptors (Lipinski definition) is 4. The molecule has 0 radical (unpaired) electrons. The van der Waals surface area contributed by atoms with Crippen molar-refractivity contribution in [2.45, 2.75) is 6.04 Å². The Balaban J connectivity index is 0. The van der Waals surface area contributed by atoms with E-state index in [-0.39, 0.29) is 18.4 Å². The molecule has 0 fully saturated rings. The Morgan fingerprint density at radius 1 is 1.64 bits per heavy atom. The van der Waals surface area contributed by atoms with Crippen molar-refractivity contribution < 1.29 is 9.53 Å². The molecule has 0 saturated carbocycles. The first-order valence-electron chi connectivity index (χ1n) is 3.06. The maximum atomic E-state index is 10.7. The van der Waals surface area contributed by atoms with Crippen LogP contribution in [0.15, 0.2) is 0 Å². The summed E-state index contributed by atoms with van der Waals surface area (Å²) in [5.41, 5.74) is 5.41. The van der Waals surface area contributed by atoms with E-state index in [0.29, 0.717) is 6.54 Å². The van der Waals surface area contributed by atoms with Crippen LogP contribution in [0.25, 0.3) is 0 Å². The third-order valence-electron chi connectivity index (χ3n) is 1.07. The fraction of sp³-hybridized carbons (Fsp3) is 0.833. The first-order valence-corrected chi connectivity index (χ1v) is 3.06. The van der Waals surface area contributed by atoms with Gasteiger partial charge in [0.25, 0.3) is 0 Å². The van der Waals surface area contributed by atoms with Crippen molar-refractivity contribution in [2.24, 2.45) is 5.73 Å². The Labute approximate surface area is 73.1 Å². The average Bonchev–Trinajstić information content (AvgIpc) is 1.85. The number of rotatable bonds is 3. The van der Waals surface area contributed by atoms with Crippen LogP contribution in [0.5, 0.6) is 0 Å². The standard InChI is InChI=1S/C6H14N2O2.ClH/c1-8(2)4-5(7)6(9)10-3;/h5H,4,7H2,1-3H3;1H. The third-order valence-corrected chi connectivity index (χ3v) is 1.07. The lowest BCUT2D eigenvalue weighted by Crippen LogP contribution is -2.40. The number of likely N-dealkylation sites (N-methyl/N-ethyl adjacent to an activating group) is 1. The summed E-state index contributed by atoms with van der Waals surface area (Å²) in [7, 11) is 5.03. The number of halogens is 1. The van der Waals surface area contributed by atoms with Gasteiger partial charge in [-0.25, -0.2) is 0 Å². The van der Waals surface area contributed by atoms with Crippen molar-refractivity contribution in [3.8, 4) is 0 Å². The van der Waals surface area contributed by atoms with Gasteiger partial charge in [0.15, 0.2) is 0 Å². The van der Waals surface area contributed by atoms with Gasteiger partial charge in [0.2, 0.25) is 0 Å². The molecule has 0 aliphatic rings. The fourth-order valence-corrected chi connectivity index (χ4v) is 0.619. The van der Waals surface area contributed by atoms with E-state index in [0.717, 1.165) is 0 Å². The smallest absolute Gasteiger partial charge is 0.323 e. The van der Waals surface area contributed by atoms with E-state index in [4.69, 9.17) is 5.73 Å². The lowest BCUT2D eigenvalue weighted by molar-refractivity contribution is -0.142. The molecule has 11 heavy (non-hydrogen) atoms. The van der Waals surface area contributed by atoms with E-state index < -0.39 is 6.04 Å². The van der Waals surface area contributed by atoms with Crippen LogP contribution in [-0.2, 0) is 9.53 Å². The minimum atomic E-state index is -0.528. The van der Waals surface area contributed by atoms with Gasteiger partial charge in [-0.05, 0) is 14.1 Å². The molecule has 0 aromatic heterocycles. The van der Waals surface area contributed by atoms with E-state index in [1.54, 1.807) is 0 Å². The monoisotopic (exact) mass is 182 g/mol. The van der Waals surface area contributed by atoms with Gasteiger partial charge in [0.1, 0.15) is 6.04 Å². The predicted octanol–water partition coefficient (Wildman–Crippen LogP) is -0.530. The number of hydrogen-bond donors (Lipinski definition) is 1. The van der Waals surface area contributed by atoms with Crippen LogP contribution in [0.1, 0.15) is 0 Å². The molecule has 0 spiro atoms. The molecule has 2 N–H and O–H groups in total. The molecule has 0 bridgehead atoms. The van der Waals surface area contributed by atoms with Crippen molar-refractivity contribution in [3.05, 3.63) is 0 Å². The van der Waals surface area contributed by atoms with Gasteiger partial charge in [-0.15, -0.1) is 12.4 Å². The molecule has 0 rings (SSSR count). The summed E-state index contributed by atoms with van der Waals surface area (Å²) >= 11 is 0. The van der Waals surface area contributed by atoms with Crippen LogP contribution in [0.4, 0.5) is 0 Å². The van der Waals surface area contributed by atoms with Crippen LogP contribution >= 0.6 is 12.4 Å². The molecular formula is C6H15ClN2O2. The van der Waals surface area contributed by atoms with E-state index in [9.17, 15) is 4.79 Å². The number of esters is 1. The zero-order chi connectivity index (χ0) is 8.15. The summed E-state index contributed by atoms with van der Waals surface area (Å²) < 4.78 is 4.42. The summed E-state index contributed by atoms with van der Waals surface area (Å²) in [6.45, 7) is 0.521. The first kappa shape index (κ1) is 13.3. The number of methoxy groups -OCH3 is 1. The Bertz CT molecular complexity index is 119. The van der Waals surface area contributed by atoms with E-state index in [1.165, 1.54) is 7.11 Å². The Morgan fingerprint density at radius 3 is 2.36 bits per heavy atom. The molecule has 0 aliphatic heterocycles. The maximum Gasteiger partial charge on any atom is 0.323 e. The summed E-state index contributed by atoms with van der Waals surface area (Å²) in [5, 5.41) is 0. The lowest BCUT2D eigenvalue weighted by atomic mass is 10.3. The highest BCUT2D eigenvalue weighted by Crippen LogP contribution is 1.85. The lowest BCUT2D eigenvalue weighted by Gasteiger charge is -2.13. The highest BCUT2D eigenvalue weighted by molar-refractivity contribution is 5.85. The Hall–Kier alpha value is -0.320. The molecule has 0 heterocycles. The minimum absolute atomic E-state index is 0. The average molecular weight is 183 g/mol. The number of ether oxygens (including phenoxy) is 1. The van der Waals surface area contributed by atoms with Gasteiger partial charge in [0, 0.05) is 6.54 Å². The SMILES string of the molecule is COC(=O)C(N)CN(C)C.Cl. The number of carbonyl (C=O) groups is 1. The molecule has 1 unspecified atom stereocenters. The summed E-state index contributed by atoms with van der Waals surface area (Å²) in [6.07, 6.45) is 0. The summed E-state index contributed by atoms with van der Waals surface area (Å²) in [4.78, 5) is 12.5. The second-order valence-corrected chi connectivity index (χ2v) is 2.39. The molecule has 4 nitrogen and oxygen atoms in total. The van der Waals surface area contributed by atoms with E-state index >= 15 is 0 Å². The van der Waals surface area contributed by atoms with Gasteiger partial charge in [-0.2, -0.15) is 0 Å². The number of nitrogens with two attached hydrogens (primary N) is 1. The molecule has 0 aromatic carbocycles. The van der Waals surface area contributed by atoms with Crippen LogP contribution < -0.4 is 5.73 Å². The molecule has 0 amide bonds. The van der Waals surface area contributed by atoms with Crippen molar-refractivity contribution in [3.63, 3.8) is 0 Å². The summed E-state index contributed by atoms with van der Waals surface area (Å²) in [5.74, 6) is -0.367. The van der Waals surface area contributed by atoms with E-state index in [2.05, 4.69) is 4.74 Å². The normalized spacial score (nSPS) is 12.1. The van der Waals surface area contributed by atoms with Gasteiger partial charge >= 0.3 is 5.97 Å². The van der Waals surface area contributed by atoms with E-state index in [1.807, 2.05) is 19.0 Å². The first-order chi connectivity index (χ1) is 4.57. The van der Waals surface area contributed by atoms with Crippen molar-refractivity contribution in [2.75, 3.05) is 27.7 Å². The topological polar surface area (TPSA) is 55.6 Å². The number of nitrogens with zero attached hydrogens (tertiary/aromatic N) is 1. The second kappa shape index (κ2) is 6.39. The zero-order valence-corrected chi connectivity index (χ0v) is 7.85. The fourth-order valence-electron chi connectivity index (χ4n) is 0.619. The molecule has 0 saturated heterocycles. The predicted molar refractivity (Wildman–Crippen MR) is 45.8 cm³/mol. The van der Waals surface area contributed by atoms with Crippen LogP contribution in [-0.4, -0.2) is 44.7 Å². The van der Waals surface area contributed by atoms with Gasteiger partial charge in [-0.1, -0.05) is 0 Å². The van der Waals surface area contributed by atoms with Gasteiger partial charge in [-0.3, -0.25) is 4.79 Å². The molecule has 68 valence electrons. The Morgan fingerprint density at radius 2 is 2.09 bits per heavy atom. The third kappa shape index (κ3) is 6.09. The van der Waals surface area contributed by atoms with Crippen molar-refractivity contribution in [1.82, 2.24) is 4.90 Å². The molecule has 1 atom stereocenters. The molecule has 0 aliphatic carbocycles. The maximum absolute atomic E-state index is 10.7. The van der Waals surface area contributed by atoms with Crippen LogP contribution in [0.3, 0.4) is 0 Å². The van der Waals surface area contributed by atoms with Crippen molar-refractivity contribution >= 4 is 18.4 Å². The van der Waals surface area contributed by atoms with Gasteiger partial charge < -0.3 is 15.4 Å². The van der Waals surface area contributed by atoms with Gasteiger partial charge in [0.05, 0.1) is 7.11 Å². The van der Waals surface area contributed by atoms with Crippen molar-refractivity contribution in [1.29, 1.82) is 0 Å². The van der Waals surface area contributed by atoms with Crippen LogP contribution in [0, 0.1) is 0 Å². The highest BCUT2D eigenvalue weighted by atomic mass is 35.5. The molecular weight excluding hydrogens is 168 g/mol. The summed E-state index contributed by atoms with van der Waals surface area (Å²) in [6, 6.07) is -0.528. The minimum Gasteiger partial charge on any atom is -0.468 e. The Kier molecular flexibility index (Phi) is 7.72. The second-order valence-electron chi connectivity index (χ2n) is 2.39. The highest BCUT2D eigenvalue weighted by Gasteiger charge is 2.13. The largest absolute Gasteiger partial charge is 0.468 e.